The molecule has 0 aliphatic carbocycles. The number of aliphatic hydroxyl groups is 1. The van der Waals surface area contributed by atoms with E-state index in [2.05, 4.69) is 4.98 Å². The van der Waals surface area contributed by atoms with Gasteiger partial charge < -0.3 is 24.6 Å². The van der Waals surface area contributed by atoms with Gasteiger partial charge in [-0.25, -0.2) is 14.6 Å². The van der Waals surface area contributed by atoms with Crippen molar-refractivity contribution in [3.05, 3.63) is 52.4 Å². The number of aliphatic carboxylic acids is 1. The van der Waals surface area contributed by atoms with E-state index >= 15 is 0 Å². The number of rotatable bonds is 8. The number of ether oxygens (including phenoxy) is 2. The van der Waals surface area contributed by atoms with Crippen LogP contribution in [0.15, 0.2) is 41.4 Å². The molecule has 10 nitrogen and oxygen atoms in total. The second-order valence-corrected chi connectivity index (χ2v) is 12.0. The summed E-state index contributed by atoms with van der Waals surface area (Å²) >= 11 is 2.87. The zero-order valence-corrected chi connectivity index (χ0v) is 23.8. The summed E-state index contributed by atoms with van der Waals surface area (Å²) in [4.78, 5) is 45.4. The Labute approximate surface area is 233 Å². The van der Waals surface area contributed by atoms with E-state index in [1.165, 1.54) is 34.9 Å². The number of hydrogen-bond acceptors (Lipinski definition) is 9. The highest BCUT2D eigenvalue weighted by Gasteiger charge is 2.66. The van der Waals surface area contributed by atoms with Crippen molar-refractivity contribution in [3.8, 4) is 5.75 Å². The maximum atomic E-state index is 13.1. The average Bonchev–Trinajstić information content (AvgIpc) is 3.49. The molecule has 2 aliphatic heterocycles. The van der Waals surface area contributed by atoms with E-state index in [1.807, 2.05) is 49.8 Å². The van der Waals surface area contributed by atoms with Crippen molar-refractivity contribution in [2.24, 2.45) is 11.3 Å². The second kappa shape index (κ2) is 10.00. The molecule has 1 unspecified atom stereocenters. The van der Waals surface area contributed by atoms with Crippen LogP contribution in [0.3, 0.4) is 0 Å². The van der Waals surface area contributed by atoms with Crippen LogP contribution in [0.1, 0.15) is 36.3 Å². The number of thiazole rings is 1. The van der Waals surface area contributed by atoms with Crippen molar-refractivity contribution < 1.29 is 34.1 Å². The molecule has 0 bridgehead atoms. The number of carbonyl (C=O) groups is 3. The van der Waals surface area contributed by atoms with E-state index in [4.69, 9.17) is 9.47 Å². The number of hydrogen-bond donors (Lipinski definition) is 2. The molecule has 39 heavy (non-hydrogen) atoms. The molecule has 2 aliphatic rings. The van der Waals surface area contributed by atoms with Crippen molar-refractivity contribution in [3.63, 3.8) is 0 Å². The van der Waals surface area contributed by atoms with E-state index in [1.54, 1.807) is 12.4 Å². The first-order chi connectivity index (χ1) is 18.5. The Morgan fingerprint density at radius 3 is 2.72 bits per heavy atom. The van der Waals surface area contributed by atoms with Crippen LogP contribution in [0.25, 0.3) is 10.4 Å². The smallest absolute Gasteiger partial charge is 0.477 e. The summed E-state index contributed by atoms with van der Waals surface area (Å²) in [6.45, 7) is 7.03. The van der Waals surface area contributed by atoms with E-state index < -0.39 is 41.5 Å². The molecular formula is C27H29N3O7S2. The number of aromatic nitrogens is 2. The van der Waals surface area contributed by atoms with Gasteiger partial charge in [-0.1, -0.05) is 19.1 Å². The minimum Gasteiger partial charge on any atom is -0.477 e. The van der Waals surface area contributed by atoms with Gasteiger partial charge in [0, 0.05) is 17.2 Å². The first-order valence-corrected chi connectivity index (χ1v) is 14.4. The summed E-state index contributed by atoms with van der Waals surface area (Å²) < 4.78 is 12.7. The third-order valence-corrected chi connectivity index (χ3v) is 9.50. The van der Waals surface area contributed by atoms with Crippen molar-refractivity contribution in [2.45, 2.75) is 51.3 Å². The standard InChI is InChI=1S/C27H29N3O7S2/c1-13-6-7-14(2)16(10-13)37-26(35)36-9-8-27(4)19(17-11-29-12-28-22(38-5)24(29)39-17)20(25(33)34)30-21(27)18(15(3)31)23(30)32/h6-7,10-12,15,18,21,31H,8-9H2,1-5H3,(H,33,34)/t15-,18-,21-,27?/m1/s1. The Morgan fingerprint density at radius 1 is 1.31 bits per heavy atom. The summed E-state index contributed by atoms with van der Waals surface area (Å²) in [5.74, 6) is -2.04. The number of carboxylic acids is 1. The Hall–Kier alpha value is -3.35. The number of carbonyl (C=O) groups excluding carboxylic acids is 2. The molecule has 12 heteroatoms. The highest BCUT2D eigenvalue weighted by molar-refractivity contribution is 7.98. The first-order valence-electron chi connectivity index (χ1n) is 12.4. The highest BCUT2D eigenvalue weighted by atomic mass is 32.2. The Balaban J connectivity index is 1.48. The maximum Gasteiger partial charge on any atom is 0.513 e. The van der Waals surface area contributed by atoms with Crippen molar-refractivity contribution >= 4 is 51.5 Å². The Morgan fingerprint density at radius 2 is 2.05 bits per heavy atom. The summed E-state index contributed by atoms with van der Waals surface area (Å²) in [5.41, 5.74) is 1.16. The predicted octanol–water partition coefficient (Wildman–Crippen LogP) is 4.36. The van der Waals surface area contributed by atoms with Crippen LogP contribution in [0.2, 0.25) is 0 Å². The van der Waals surface area contributed by atoms with Gasteiger partial charge in [0.25, 0.3) is 0 Å². The van der Waals surface area contributed by atoms with E-state index in [-0.39, 0.29) is 18.7 Å². The van der Waals surface area contributed by atoms with Crippen molar-refractivity contribution in [2.75, 3.05) is 12.9 Å². The van der Waals surface area contributed by atoms with Gasteiger partial charge in [-0.3, -0.25) is 9.20 Å². The lowest BCUT2D eigenvalue weighted by atomic mass is 9.66. The molecule has 1 aromatic carbocycles. The summed E-state index contributed by atoms with van der Waals surface area (Å²) in [7, 11) is 0. The molecule has 5 rings (SSSR count). The molecule has 4 heterocycles. The number of carboxylic acid groups (broad SMARTS) is 1. The normalized spacial score (nSPS) is 23.1. The summed E-state index contributed by atoms with van der Waals surface area (Å²) in [6.07, 6.45) is 3.75. The lowest BCUT2D eigenvalue weighted by Crippen LogP contribution is -2.66. The number of aliphatic hydroxyl groups excluding tert-OH is 1. The molecule has 0 saturated carbocycles. The number of nitrogens with zero attached hydrogens (tertiary/aromatic N) is 3. The molecule has 1 amide bonds. The molecule has 0 spiro atoms. The van der Waals surface area contributed by atoms with Gasteiger partial charge in [0.1, 0.15) is 27.6 Å². The van der Waals surface area contributed by atoms with Crippen LogP contribution >= 0.6 is 23.1 Å². The van der Waals surface area contributed by atoms with Crippen molar-refractivity contribution in [1.29, 1.82) is 0 Å². The molecule has 2 aromatic heterocycles. The van der Waals surface area contributed by atoms with Gasteiger partial charge >= 0.3 is 12.1 Å². The first kappa shape index (κ1) is 27.2. The lowest BCUT2D eigenvalue weighted by Gasteiger charge is -2.50. The third-order valence-electron chi connectivity index (χ3n) is 7.56. The van der Waals surface area contributed by atoms with Crippen LogP contribution in [0.4, 0.5) is 4.79 Å². The van der Waals surface area contributed by atoms with Gasteiger partial charge in [0.2, 0.25) is 5.91 Å². The van der Waals surface area contributed by atoms with Gasteiger partial charge in [0.05, 0.1) is 29.5 Å². The SMILES string of the molecule is CSc1ncn2cc(C3=C(C(=O)O)N4C(=O)[C@H]([C@@H](C)O)[C@@H]4C3(C)CCOC(=O)Oc3cc(C)ccc3C)sc12. The Kier molecular flexibility index (Phi) is 6.98. The number of imidazole rings is 1. The molecule has 206 valence electrons. The topological polar surface area (TPSA) is 131 Å². The molecule has 1 fully saturated rings. The number of benzene rings is 1. The second-order valence-electron chi connectivity index (χ2n) is 10.1. The summed E-state index contributed by atoms with van der Waals surface area (Å²) in [6, 6.07) is 4.90. The number of fused-ring (bicyclic) bond motifs is 2. The van der Waals surface area contributed by atoms with E-state index in [0.29, 0.717) is 16.2 Å². The molecule has 3 aromatic rings. The minimum atomic E-state index is -1.23. The number of thioether (sulfide) groups is 1. The molecule has 2 N–H and O–H groups in total. The number of amides is 1. The van der Waals surface area contributed by atoms with Crippen LogP contribution < -0.4 is 4.74 Å². The molecule has 1 saturated heterocycles. The number of aryl methyl sites for hydroxylation is 2. The molecular weight excluding hydrogens is 542 g/mol. The summed E-state index contributed by atoms with van der Waals surface area (Å²) in [5, 5.41) is 21.5. The zero-order valence-electron chi connectivity index (χ0n) is 22.1. The Bertz CT molecular complexity index is 1520. The zero-order chi connectivity index (χ0) is 28.2. The van der Waals surface area contributed by atoms with Gasteiger partial charge in [-0.05, 0) is 50.6 Å². The monoisotopic (exact) mass is 571 g/mol. The quantitative estimate of drug-likeness (QED) is 0.175. The van der Waals surface area contributed by atoms with E-state index in [0.717, 1.165) is 21.0 Å². The van der Waals surface area contributed by atoms with Crippen molar-refractivity contribution in [1.82, 2.24) is 14.3 Å². The molecule has 4 atom stereocenters. The fourth-order valence-corrected chi connectivity index (χ4v) is 7.61. The van der Waals surface area contributed by atoms with E-state index in [9.17, 15) is 24.6 Å². The largest absolute Gasteiger partial charge is 0.513 e. The van der Waals surface area contributed by atoms with Gasteiger partial charge in [0.15, 0.2) is 0 Å². The predicted molar refractivity (Wildman–Crippen MR) is 146 cm³/mol. The van der Waals surface area contributed by atoms with Crippen LogP contribution in [-0.4, -0.2) is 67.5 Å². The highest BCUT2D eigenvalue weighted by Crippen LogP contribution is 2.60. The van der Waals surface area contributed by atoms with Crippen LogP contribution in [-0.2, 0) is 14.3 Å². The average molecular weight is 572 g/mol. The number of β-lactam (4-membered cyclic amide) rings is 1. The lowest BCUT2D eigenvalue weighted by molar-refractivity contribution is -0.167. The van der Waals surface area contributed by atoms with Crippen LogP contribution in [0.5, 0.6) is 5.75 Å². The third kappa shape index (κ3) is 4.40. The fraction of sp³-hybridized carbons (Fsp3) is 0.407. The van der Waals surface area contributed by atoms with Gasteiger partial charge in [-0.2, -0.15) is 0 Å². The van der Waals surface area contributed by atoms with Crippen LogP contribution in [0, 0.1) is 25.2 Å². The molecule has 0 radical (unpaired) electrons. The maximum absolute atomic E-state index is 13.1. The fourth-order valence-electron chi connectivity index (χ4n) is 5.65. The minimum absolute atomic E-state index is 0.0798. The van der Waals surface area contributed by atoms with Gasteiger partial charge in [-0.15, -0.1) is 23.1 Å².